The van der Waals surface area contributed by atoms with Gasteiger partial charge < -0.3 is 14.9 Å². The monoisotopic (exact) mass is 352 g/mol. The molecule has 0 amide bonds. The molecule has 26 heavy (non-hydrogen) atoms. The van der Waals surface area contributed by atoms with Crippen molar-refractivity contribution < 1.29 is 19.7 Å². The lowest BCUT2D eigenvalue weighted by atomic mass is 10.1. The SMILES string of the molecule is COC(=O)CCC[C@H](O)C#C/C=C/C=C/[C@H](O)CC#Cc1ccccc1. The maximum atomic E-state index is 10.9. The summed E-state index contributed by atoms with van der Waals surface area (Å²) in [5.41, 5.74) is 0.920. The molecule has 0 aromatic heterocycles. The second kappa shape index (κ2) is 13.5. The Bertz CT molecular complexity index is 711. The van der Waals surface area contributed by atoms with Crippen LogP contribution in [0, 0.1) is 23.7 Å². The summed E-state index contributed by atoms with van der Waals surface area (Å²) in [7, 11) is 1.34. The van der Waals surface area contributed by atoms with Crippen LogP contribution in [0.25, 0.3) is 0 Å². The molecule has 0 bridgehead atoms. The predicted octanol–water partition coefficient (Wildman–Crippen LogP) is 2.61. The zero-order valence-electron chi connectivity index (χ0n) is 14.9. The molecule has 0 fully saturated rings. The van der Waals surface area contributed by atoms with Crippen LogP contribution in [0.4, 0.5) is 0 Å². The van der Waals surface area contributed by atoms with Crippen molar-refractivity contribution in [2.75, 3.05) is 7.11 Å². The highest BCUT2D eigenvalue weighted by molar-refractivity contribution is 5.69. The lowest BCUT2D eigenvalue weighted by Crippen LogP contribution is -2.05. The van der Waals surface area contributed by atoms with Crippen molar-refractivity contribution in [2.45, 2.75) is 37.9 Å². The zero-order valence-corrected chi connectivity index (χ0v) is 14.9. The number of esters is 1. The van der Waals surface area contributed by atoms with Crippen molar-refractivity contribution in [1.82, 2.24) is 0 Å². The van der Waals surface area contributed by atoms with E-state index in [-0.39, 0.29) is 12.4 Å². The zero-order chi connectivity index (χ0) is 19.0. The molecule has 4 nitrogen and oxygen atoms in total. The first-order valence-corrected chi connectivity index (χ1v) is 8.43. The van der Waals surface area contributed by atoms with E-state index in [4.69, 9.17) is 0 Å². The van der Waals surface area contributed by atoms with Crippen molar-refractivity contribution in [1.29, 1.82) is 0 Å². The highest BCUT2D eigenvalue weighted by Crippen LogP contribution is 2.01. The van der Waals surface area contributed by atoms with Gasteiger partial charge in [-0.25, -0.2) is 0 Å². The molecule has 1 aromatic rings. The van der Waals surface area contributed by atoms with E-state index in [1.807, 2.05) is 30.3 Å². The molecule has 4 heteroatoms. The van der Waals surface area contributed by atoms with Gasteiger partial charge in [0.25, 0.3) is 0 Å². The van der Waals surface area contributed by atoms with E-state index in [1.54, 1.807) is 24.3 Å². The molecule has 0 saturated carbocycles. The molecule has 2 atom stereocenters. The smallest absolute Gasteiger partial charge is 0.305 e. The number of carbonyl (C=O) groups excluding carboxylic acids is 1. The van der Waals surface area contributed by atoms with Gasteiger partial charge in [0.1, 0.15) is 6.10 Å². The molecule has 0 aliphatic rings. The molecule has 136 valence electrons. The van der Waals surface area contributed by atoms with E-state index in [9.17, 15) is 15.0 Å². The fraction of sp³-hybridized carbons (Fsp3) is 0.318. The molecule has 1 aromatic carbocycles. The Kier molecular flexibility index (Phi) is 11.0. The number of hydrogen-bond acceptors (Lipinski definition) is 4. The third-order valence-electron chi connectivity index (χ3n) is 3.28. The minimum Gasteiger partial charge on any atom is -0.469 e. The van der Waals surface area contributed by atoms with Crippen molar-refractivity contribution in [3.8, 4) is 23.7 Å². The van der Waals surface area contributed by atoms with Gasteiger partial charge >= 0.3 is 5.97 Å². The van der Waals surface area contributed by atoms with Crippen molar-refractivity contribution in [3.05, 3.63) is 60.2 Å². The van der Waals surface area contributed by atoms with Gasteiger partial charge in [-0.1, -0.05) is 60.1 Å². The van der Waals surface area contributed by atoms with Gasteiger partial charge in [0.15, 0.2) is 0 Å². The lowest BCUT2D eigenvalue weighted by molar-refractivity contribution is -0.140. The van der Waals surface area contributed by atoms with Crippen molar-refractivity contribution in [2.24, 2.45) is 0 Å². The van der Waals surface area contributed by atoms with Crippen LogP contribution in [-0.4, -0.2) is 35.5 Å². The van der Waals surface area contributed by atoms with Crippen LogP contribution in [0.2, 0.25) is 0 Å². The first kappa shape index (κ1) is 21.3. The standard InChI is InChI=1S/C22H24O4/c1-26-22(25)18-10-17-21(24)15-8-3-2-7-14-20(23)16-9-13-19-11-5-4-6-12-19/h2-7,11-12,14,20-21,23-24H,10,16-18H2,1H3/b3-2+,14-7+/t20-,21+/m0/s1. The number of benzene rings is 1. The number of ether oxygens (including phenoxy) is 1. The van der Waals surface area contributed by atoms with Gasteiger partial charge in [-0.3, -0.25) is 4.79 Å². The molecule has 0 aliphatic heterocycles. The van der Waals surface area contributed by atoms with E-state index >= 15 is 0 Å². The van der Waals surface area contributed by atoms with Gasteiger partial charge in [0.05, 0.1) is 13.2 Å². The second-order valence-corrected chi connectivity index (χ2v) is 5.46. The van der Waals surface area contributed by atoms with Crippen molar-refractivity contribution in [3.63, 3.8) is 0 Å². The summed E-state index contributed by atoms with van der Waals surface area (Å²) in [5, 5.41) is 19.4. The average Bonchev–Trinajstić information content (AvgIpc) is 2.65. The maximum absolute atomic E-state index is 10.9. The van der Waals surface area contributed by atoms with Crippen LogP contribution >= 0.6 is 0 Å². The quantitative estimate of drug-likeness (QED) is 0.450. The number of methoxy groups -OCH3 is 1. The van der Waals surface area contributed by atoms with Gasteiger partial charge in [0.2, 0.25) is 0 Å². The summed E-state index contributed by atoms with van der Waals surface area (Å²) < 4.78 is 4.52. The Labute approximate surface area is 155 Å². The van der Waals surface area contributed by atoms with Crippen LogP contribution in [0.1, 0.15) is 31.2 Å². The molecule has 0 unspecified atom stereocenters. The largest absolute Gasteiger partial charge is 0.469 e. The third-order valence-corrected chi connectivity index (χ3v) is 3.28. The van der Waals surface area contributed by atoms with Gasteiger partial charge in [-0.15, -0.1) is 0 Å². The lowest BCUT2D eigenvalue weighted by Gasteiger charge is -2.01. The summed E-state index contributed by atoms with van der Waals surface area (Å²) in [6.45, 7) is 0. The highest BCUT2D eigenvalue weighted by Gasteiger charge is 2.03. The number of carbonyl (C=O) groups is 1. The number of rotatable bonds is 7. The third kappa shape index (κ3) is 10.9. The van der Waals surface area contributed by atoms with Crippen LogP contribution < -0.4 is 0 Å². The summed E-state index contributed by atoms with van der Waals surface area (Å²) in [6.07, 6.45) is 6.75. The first-order chi connectivity index (χ1) is 12.6. The molecule has 2 N–H and O–H groups in total. The maximum Gasteiger partial charge on any atom is 0.305 e. The Morgan fingerprint density at radius 2 is 2.00 bits per heavy atom. The molecule has 0 aliphatic carbocycles. The van der Waals surface area contributed by atoms with Gasteiger partial charge in [0, 0.05) is 18.4 Å². The normalized spacial score (nSPS) is 12.7. The van der Waals surface area contributed by atoms with E-state index in [1.165, 1.54) is 7.11 Å². The Morgan fingerprint density at radius 1 is 1.23 bits per heavy atom. The molecule has 0 spiro atoms. The molecular formula is C22H24O4. The Hall–Kier alpha value is -2.79. The number of hydrogen-bond donors (Lipinski definition) is 2. The average molecular weight is 352 g/mol. The molecular weight excluding hydrogens is 328 g/mol. The number of allylic oxidation sites excluding steroid dienone is 3. The van der Waals surface area contributed by atoms with Crippen LogP contribution in [0.3, 0.4) is 0 Å². The van der Waals surface area contributed by atoms with Crippen LogP contribution in [0.5, 0.6) is 0 Å². The second-order valence-electron chi connectivity index (χ2n) is 5.46. The minimum atomic E-state index is -0.771. The summed E-state index contributed by atoms with van der Waals surface area (Å²) in [6, 6.07) is 9.60. The predicted molar refractivity (Wildman–Crippen MR) is 102 cm³/mol. The Balaban J connectivity index is 2.26. The molecule has 0 heterocycles. The van der Waals surface area contributed by atoms with E-state index in [2.05, 4.69) is 28.4 Å². The van der Waals surface area contributed by atoms with E-state index in [0.29, 0.717) is 19.3 Å². The summed E-state index contributed by atoms with van der Waals surface area (Å²) in [5.74, 6) is 11.0. The van der Waals surface area contributed by atoms with E-state index < -0.39 is 12.2 Å². The summed E-state index contributed by atoms with van der Waals surface area (Å²) >= 11 is 0. The molecule has 1 rings (SSSR count). The van der Waals surface area contributed by atoms with Crippen LogP contribution in [-0.2, 0) is 9.53 Å². The topological polar surface area (TPSA) is 66.8 Å². The molecule has 0 radical (unpaired) electrons. The van der Waals surface area contributed by atoms with Gasteiger partial charge in [-0.2, -0.15) is 0 Å². The summed E-state index contributed by atoms with van der Waals surface area (Å²) in [4.78, 5) is 10.9. The highest BCUT2D eigenvalue weighted by atomic mass is 16.5. The van der Waals surface area contributed by atoms with Crippen LogP contribution in [0.15, 0.2) is 54.6 Å². The Morgan fingerprint density at radius 3 is 2.73 bits per heavy atom. The molecule has 0 saturated heterocycles. The van der Waals surface area contributed by atoms with E-state index in [0.717, 1.165) is 5.56 Å². The number of aliphatic hydroxyl groups is 2. The first-order valence-electron chi connectivity index (χ1n) is 8.43. The fourth-order valence-electron chi connectivity index (χ4n) is 1.90. The van der Waals surface area contributed by atoms with Gasteiger partial charge in [-0.05, 0) is 31.1 Å². The minimum absolute atomic E-state index is 0.277. The fourth-order valence-corrected chi connectivity index (χ4v) is 1.90. The number of aliphatic hydroxyl groups excluding tert-OH is 2. The van der Waals surface area contributed by atoms with Crippen molar-refractivity contribution >= 4 is 5.97 Å².